The van der Waals surface area contributed by atoms with Crippen molar-refractivity contribution in [2.24, 2.45) is 0 Å². The Bertz CT molecular complexity index is 683. The molecule has 1 unspecified atom stereocenters. The summed E-state index contributed by atoms with van der Waals surface area (Å²) in [5, 5.41) is 11.9. The molecule has 2 N–H and O–H groups in total. The van der Waals surface area contributed by atoms with Crippen molar-refractivity contribution >= 4 is 16.7 Å². The van der Waals surface area contributed by atoms with Gasteiger partial charge in [0.25, 0.3) is 5.91 Å². The zero-order valence-corrected chi connectivity index (χ0v) is 13.9. The molecule has 1 atom stereocenters. The van der Waals surface area contributed by atoms with Gasteiger partial charge in [-0.25, -0.2) is 0 Å². The summed E-state index contributed by atoms with van der Waals surface area (Å²) in [6.45, 7) is 0.581. The van der Waals surface area contributed by atoms with Crippen molar-refractivity contribution < 1.29 is 14.1 Å². The largest absolute Gasteiger partial charge is 0.392 e. The number of carbonyl (C=O) groups is 1. The third-order valence-corrected chi connectivity index (χ3v) is 4.20. The molecule has 23 heavy (non-hydrogen) atoms. The van der Waals surface area contributed by atoms with Gasteiger partial charge in [-0.05, 0) is 35.2 Å². The van der Waals surface area contributed by atoms with Crippen LogP contribution in [0.2, 0.25) is 0 Å². The van der Waals surface area contributed by atoms with E-state index in [9.17, 15) is 9.00 Å². The minimum atomic E-state index is -0.921. The van der Waals surface area contributed by atoms with Crippen LogP contribution in [0.1, 0.15) is 27.0 Å². The monoisotopic (exact) mass is 331 g/mol. The van der Waals surface area contributed by atoms with Gasteiger partial charge in [-0.2, -0.15) is 0 Å². The Morgan fingerprint density at radius 2 is 1.78 bits per heavy atom. The Morgan fingerprint density at radius 3 is 2.43 bits per heavy atom. The molecule has 0 aliphatic heterocycles. The van der Waals surface area contributed by atoms with E-state index in [2.05, 4.69) is 5.32 Å². The molecular formula is C18H21NO3S. The number of nitrogens with one attached hydrogen (secondary N) is 1. The molecule has 0 saturated carbocycles. The van der Waals surface area contributed by atoms with E-state index in [-0.39, 0.29) is 12.5 Å². The molecule has 2 aromatic carbocycles. The highest BCUT2D eigenvalue weighted by molar-refractivity contribution is 7.83. The molecule has 0 aliphatic rings. The standard InChI is InChI=1S/C18H21NO3S/c1-23(22)13-16-3-2-4-17(11-16)18(21)19-10-9-14-5-7-15(12-20)8-6-14/h2-8,11,20H,9-10,12-13H2,1H3,(H,19,21). The van der Waals surface area contributed by atoms with E-state index in [4.69, 9.17) is 5.11 Å². The number of rotatable bonds is 7. The van der Waals surface area contributed by atoms with Crippen molar-refractivity contribution in [3.05, 3.63) is 70.8 Å². The summed E-state index contributed by atoms with van der Waals surface area (Å²) in [7, 11) is -0.921. The van der Waals surface area contributed by atoms with Gasteiger partial charge in [0.1, 0.15) is 0 Å². The number of hydrogen-bond acceptors (Lipinski definition) is 3. The molecule has 122 valence electrons. The molecule has 0 aliphatic carbocycles. The summed E-state index contributed by atoms with van der Waals surface area (Å²) >= 11 is 0. The predicted molar refractivity (Wildman–Crippen MR) is 92.6 cm³/mol. The van der Waals surface area contributed by atoms with Crippen LogP contribution in [0.25, 0.3) is 0 Å². The summed E-state index contributed by atoms with van der Waals surface area (Å²) in [4.78, 5) is 12.2. The van der Waals surface area contributed by atoms with Crippen molar-refractivity contribution in [3.63, 3.8) is 0 Å². The maximum Gasteiger partial charge on any atom is 0.251 e. The summed E-state index contributed by atoms with van der Waals surface area (Å²) in [6.07, 6.45) is 2.38. The van der Waals surface area contributed by atoms with Gasteiger partial charge in [0.05, 0.1) is 6.61 Å². The van der Waals surface area contributed by atoms with Gasteiger partial charge in [-0.15, -0.1) is 0 Å². The van der Waals surface area contributed by atoms with E-state index >= 15 is 0 Å². The van der Waals surface area contributed by atoms with Crippen LogP contribution in [-0.2, 0) is 29.6 Å². The lowest BCUT2D eigenvalue weighted by molar-refractivity contribution is 0.0954. The highest BCUT2D eigenvalue weighted by atomic mass is 32.2. The van der Waals surface area contributed by atoms with Gasteiger partial charge in [0, 0.05) is 34.9 Å². The summed E-state index contributed by atoms with van der Waals surface area (Å²) < 4.78 is 11.3. The second-order valence-electron chi connectivity index (χ2n) is 5.40. The van der Waals surface area contributed by atoms with Crippen LogP contribution in [0, 0.1) is 0 Å². The van der Waals surface area contributed by atoms with Crippen molar-refractivity contribution in [2.45, 2.75) is 18.8 Å². The fourth-order valence-corrected chi connectivity index (χ4v) is 2.92. The van der Waals surface area contributed by atoms with Crippen LogP contribution in [0.15, 0.2) is 48.5 Å². The van der Waals surface area contributed by atoms with Crippen LogP contribution >= 0.6 is 0 Å². The van der Waals surface area contributed by atoms with Gasteiger partial charge >= 0.3 is 0 Å². The van der Waals surface area contributed by atoms with Crippen molar-refractivity contribution in [2.75, 3.05) is 12.8 Å². The molecular weight excluding hydrogens is 310 g/mol. The maximum absolute atomic E-state index is 12.2. The van der Waals surface area contributed by atoms with E-state index in [0.717, 1.165) is 23.1 Å². The van der Waals surface area contributed by atoms with Crippen LogP contribution < -0.4 is 5.32 Å². The lowest BCUT2D eigenvalue weighted by Crippen LogP contribution is -2.25. The Labute approximate surface area is 139 Å². The first-order valence-corrected chi connectivity index (χ1v) is 9.17. The number of hydrogen-bond donors (Lipinski definition) is 2. The maximum atomic E-state index is 12.2. The molecule has 0 spiro atoms. The number of aliphatic hydroxyl groups excluding tert-OH is 1. The number of benzene rings is 2. The topological polar surface area (TPSA) is 66.4 Å². The van der Waals surface area contributed by atoms with E-state index in [1.807, 2.05) is 36.4 Å². The van der Waals surface area contributed by atoms with Gasteiger partial charge in [-0.1, -0.05) is 36.4 Å². The number of aliphatic hydroxyl groups is 1. The highest BCUT2D eigenvalue weighted by Gasteiger charge is 2.06. The zero-order chi connectivity index (χ0) is 16.7. The summed E-state index contributed by atoms with van der Waals surface area (Å²) in [5.41, 5.74) is 3.47. The minimum absolute atomic E-state index is 0.0376. The third-order valence-electron chi connectivity index (χ3n) is 3.46. The average molecular weight is 331 g/mol. The second kappa shape index (κ2) is 8.60. The lowest BCUT2D eigenvalue weighted by Gasteiger charge is -2.07. The minimum Gasteiger partial charge on any atom is -0.392 e. The second-order valence-corrected chi connectivity index (χ2v) is 6.83. The van der Waals surface area contributed by atoms with E-state index in [1.54, 1.807) is 18.4 Å². The van der Waals surface area contributed by atoms with Crippen molar-refractivity contribution in [3.8, 4) is 0 Å². The fourth-order valence-electron chi connectivity index (χ4n) is 2.27. The third kappa shape index (κ3) is 5.62. The molecule has 1 amide bonds. The quantitative estimate of drug-likeness (QED) is 0.816. The van der Waals surface area contributed by atoms with Crippen molar-refractivity contribution in [1.82, 2.24) is 5.32 Å². The first kappa shape index (κ1) is 17.4. The van der Waals surface area contributed by atoms with E-state index in [1.165, 1.54) is 0 Å². The highest BCUT2D eigenvalue weighted by Crippen LogP contribution is 2.08. The van der Waals surface area contributed by atoms with Gasteiger partial charge in [0.15, 0.2) is 0 Å². The van der Waals surface area contributed by atoms with Crippen molar-refractivity contribution in [1.29, 1.82) is 0 Å². The molecule has 2 rings (SSSR count). The predicted octanol–water partition coefficient (Wildman–Crippen LogP) is 2.03. The first-order valence-electron chi connectivity index (χ1n) is 7.44. The van der Waals surface area contributed by atoms with Crippen LogP contribution in [-0.4, -0.2) is 28.0 Å². The molecule has 2 aromatic rings. The average Bonchev–Trinajstić information content (AvgIpc) is 2.55. The molecule has 0 fully saturated rings. The number of carbonyl (C=O) groups excluding carboxylic acids is 1. The Hall–Kier alpha value is -1.98. The van der Waals surface area contributed by atoms with E-state index < -0.39 is 10.8 Å². The molecule has 0 radical (unpaired) electrons. The first-order chi connectivity index (χ1) is 11.1. The smallest absolute Gasteiger partial charge is 0.251 e. The summed E-state index contributed by atoms with van der Waals surface area (Å²) in [6, 6.07) is 14.9. The Kier molecular flexibility index (Phi) is 6.50. The molecule has 0 heterocycles. The fraction of sp³-hybridized carbons (Fsp3) is 0.278. The van der Waals surface area contributed by atoms with Crippen LogP contribution in [0.3, 0.4) is 0 Å². The lowest BCUT2D eigenvalue weighted by atomic mass is 10.1. The Balaban J connectivity index is 1.87. The SMILES string of the molecule is CS(=O)Cc1cccc(C(=O)NCCc2ccc(CO)cc2)c1. The molecule has 4 nitrogen and oxygen atoms in total. The normalized spacial score (nSPS) is 11.9. The number of amides is 1. The summed E-state index contributed by atoms with van der Waals surface area (Å²) in [5.74, 6) is 0.332. The molecule has 5 heteroatoms. The van der Waals surface area contributed by atoms with Crippen LogP contribution in [0.5, 0.6) is 0 Å². The van der Waals surface area contributed by atoms with E-state index in [0.29, 0.717) is 17.9 Å². The molecule has 0 saturated heterocycles. The van der Waals surface area contributed by atoms with Crippen LogP contribution in [0.4, 0.5) is 0 Å². The van der Waals surface area contributed by atoms with Gasteiger partial charge in [0.2, 0.25) is 0 Å². The zero-order valence-electron chi connectivity index (χ0n) is 13.1. The van der Waals surface area contributed by atoms with Gasteiger partial charge in [-0.3, -0.25) is 9.00 Å². The molecule has 0 aromatic heterocycles. The molecule has 0 bridgehead atoms. The van der Waals surface area contributed by atoms with Gasteiger partial charge < -0.3 is 10.4 Å². The Morgan fingerprint density at radius 1 is 1.09 bits per heavy atom.